The fourth-order valence-electron chi connectivity index (χ4n) is 3.38. The van der Waals surface area contributed by atoms with E-state index in [1.165, 1.54) is 6.07 Å². The molecule has 1 aromatic rings. The summed E-state index contributed by atoms with van der Waals surface area (Å²) >= 11 is 0. The molecule has 2 atom stereocenters. The van der Waals surface area contributed by atoms with Crippen molar-refractivity contribution in [2.24, 2.45) is 11.1 Å². The lowest BCUT2D eigenvalue weighted by molar-refractivity contribution is 0.257. The molecule has 2 fully saturated rings. The lowest BCUT2D eigenvalue weighted by atomic mass is 9.74. The Bertz CT molecular complexity index is 531. The molecule has 0 spiro atoms. The van der Waals surface area contributed by atoms with Gasteiger partial charge in [0.1, 0.15) is 5.69 Å². The molecule has 0 saturated heterocycles. The van der Waals surface area contributed by atoms with Crippen molar-refractivity contribution in [3.63, 3.8) is 0 Å². The summed E-state index contributed by atoms with van der Waals surface area (Å²) < 4.78 is 13.5. The quantitative estimate of drug-likeness (QED) is 0.712. The standard InChI is InChI=1S/C15H17FN2/c16-12-3-1-10-18-13(12)4-7-14-5-2-6-15(17,11-14)9-8-14/h1,3,10H,2,5-6,8-9,11,17H2/t14-,15+/m1/s1. The molecule has 0 aliphatic heterocycles. The lowest BCUT2D eigenvalue weighted by Crippen LogP contribution is -2.40. The van der Waals surface area contributed by atoms with Gasteiger partial charge in [-0.3, -0.25) is 0 Å². The normalized spacial score (nSPS) is 33.9. The van der Waals surface area contributed by atoms with Gasteiger partial charge in [-0.2, -0.15) is 0 Å². The Hall–Kier alpha value is -1.40. The predicted octanol–water partition coefficient (Wildman–Crippen LogP) is 2.62. The summed E-state index contributed by atoms with van der Waals surface area (Å²) in [6, 6.07) is 2.98. The van der Waals surface area contributed by atoms with Crippen molar-refractivity contribution in [1.82, 2.24) is 4.98 Å². The monoisotopic (exact) mass is 244 g/mol. The molecule has 18 heavy (non-hydrogen) atoms. The minimum Gasteiger partial charge on any atom is -0.325 e. The molecule has 2 saturated carbocycles. The highest BCUT2D eigenvalue weighted by Gasteiger charge is 2.48. The molecular formula is C15H17FN2. The van der Waals surface area contributed by atoms with Gasteiger partial charge in [0.15, 0.2) is 5.82 Å². The van der Waals surface area contributed by atoms with Crippen LogP contribution in [0.4, 0.5) is 4.39 Å². The maximum atomic E-state index is 13.5. The number of aromatic nitrogens is 1. The number of hydrogen-bond donors (Lipinski definition) is 1. The van der Waals surface area contributed by atoms with Crippen molar-refractivity contribution in [3.05, 3.63) is 29.8 Å². The Labute approximate surface area is 107 Å². The fraction of sp³-hybridized carbons (Fsp3) is 0.533. The van der Waals surface area contributed by atoms with Crippen LogP contribution in [0.1, 0.15) is 44.2 Å². The molecule has 1 heterocycles. The minimum absolute atomic E-state index is 0.0109. The van der Waals surface area contributed by atoms with E-state index < -0.39 is 0 Å². The largest absolute Gasteiger partial charge is 0.325 e. The summed E-state index contributed by atoms with van der Waals surface area (Å²) in [5.41, 5.74) is 6.58. The van der Waals surface area contributed by atoms with E-state index in [1.807, 2.05) is 0 Å². The second kappa shape index (κ2) is 4.07. The molecule has 0 amide bonds. The van der Waals surface area contributed by atoms with Crippen molar-refractivity contribution in [2.75, 3.05) is 0 Å². The highest BCUT2D eigenvalue weighted by molar-refractivity contribution is 5.32. The van der Waals surface area contributed by atoms with Gasteiger partial charge in [0.25, 0.3) is 0 Å². The molecule has 0 aromatic carbocycles. The lowest BCUT2D eigenvalue weighted by Gasteiger charge is -2.33. The Morgan fingerprint density at radius 3 is 3.00 bits per heavy atom. The molecule has 2 N–H and O–H groups in total. The zero-order chi connectivity index (χ0) is 12.6. The minimum atomic E-state index is -0.339. The Morgan fingerprint density at radius 1 is 1.28 bits per heavy atom. The summed E-state index contributed by atoms with van der Waals surface area (Å²) in [5, 5.41) is 0. The van der Waals surface area contributed by atoms with Gasteiger partial charge in [0, 0.05) is 17.2 Å². The Morgan fingerprint density at radius 2 is 2.17 bits per heavy atom. The van der Waals surface area contributed by atoms with E-state index in [-0.39, 0.29) is 22.5 Å². The average Bonchev–Trinajstić information content (AvgIpc) is 2.59. The van der Waals surface area contributed by atoms with Crippen molar-refractivity contribution in [1.29, 1.82) is 0 Å². The van der Waals surface area contributed by atoms with E-state index in [2.05, 4.69) is 16.8 Å². The first-order valence-electron chi connectivity index (χ1n) is 6.54. The summed E-state index contributed by atoms with van der Waals surface area (Å²) in [6.45, 7) is 0. The van der Waals surface area contributed by atoms with Crippen LogP contribution in [0.25, 0.3) is 0 Å². The molecule has 1 aromatic heterocycles. The van der Waals surface area contributed by atoms with E-state index >= 15 is 0 Å². The van der Waals surface area contributed by atoms with Crippen LogP contribution in [-0.2, 0) is 0 Å². The SMILES string of the molecule is N[C@@]12CCC[C@@](C#Cc3ncccc3F)(CC1)C2. The summed E-state index contributed by atoms with van der Waals surface area (Å²) in [5.74, 6) is 5.86. The third-order valence-electron chi connectivity index (χ3n) is 4.33. The molecule has 0 radical (unpaired) electrons. The number of hydrogen-bond acceptors (Lipinski definition) is 2. The zero-order valence-electron chi connectivity index (χ0n) is 10.4. The molecular weight excluding hydrogens is 227 g/mol. The predicted molar refractivity (Wildman–Crippen MR) is 68.1 cm³/mol. The van der Waals surface area contributed by atoms with Gasteiger partial charge in [0.2, 0.25) is 0 Å². The molecule has 2 aliphatic rings. The fourth-order valence-corrected chi connectivity index (χ4v) is 3.38. The topological polar surface area (TPSA) is 38.9 Å². The molecule has 0 unspecified atom stereocenters. The Kier molecular flexibility index (Phi) is 2.64. The average molecular weight is 244 g/mol. The van der Waals surface area contributed by atoms with Crippen LogP contribution in [0.2, 0.25) is 0 Å². The third kappa shape index (κ3) is 2.02. The zero-order valence-corrected chi connectivity index (χ0v) is 10.4. The number of nitrogens with two attached hydrogens (primary N) is 1. The molecule has 3 heteroatoms. The first-order valence-corrected chi connectivity index (χ1v) is 6.54. The summed E-state index contributed by atoms with van der Waals surface area (Å²) in [6.07, 6.45) is 7.96. The smallest absolute Gasteiger partial charge is 0.157 e. The van der Waals surface area contributed by atoms with Crippen LogP contribution in [0, 0.1) is 23.1 Å². The highest BCUT2D eigenvalue weighted by Crippen LogP contribution is 2.52. The van der Waals surface area contributed by atoms with Crippen LogP contribution in [0.5, 0.6) is 0 Å². The van der Waals surface area contributed by atoms with E-state index in [4.69, 9.17) is 5.73 Å². The second-order valence-corrected chi connectivity index (χ2v) is 5.76. The van der Waals surface area contributed by atoms with Gasteiger partial charge in [-0.25, -0.2) is 9.37 Å². The highest BCUT2D eigenvalue weighted by atomic mass is 19.1. The van der Waals surface area contributed by atoms with E-state index in [0.717, 1.165) is 38.5 Å². The number of halogens is 1. The van der Waals surface area contributed by atoms with Gasteiger partial charge in [0.05, 0.1) is 0 Å². The van der Waals surface area contributed by atoms with E-state index in [1.54, 1.807) is 12.3 Å². The Balaban J connectivity index is 1.88. The van der Waals surface area contributed by atoms with Crippen molar-refractivity contribution in [3.8, 4) is 11.8 Å². The van der Waals surface area contributed by atoms with Crippen LogP contribution in [0.15, 0.2) is 18.3 Å². The molecule has 2 aliphatic carbocycles. The number of fused-ring (bicyclic) bond motifs is 2. The van der Waals surface area contributed by atoms with E-state index in [9.17, 15) is 4.39 Å². The maximum absolute atomic E-state index is 13.5. The van der Waals surface area contributed by atoms with Crippen molar-refractivity contribution in [2.45, 2.75) is 44.1 Å². The van der Waals surface area contributed by atoms with E-state index in [0.29, 0.717) is 0 Å². The maximum Gasteiger partial charge on any atom is 0.157 e. The van der Waals surface area contributed by atoms with Crippen LogP contribution in [-0.4, -0.2) is 10.5 Å². The molecule has 3 rings (SSSR count). The first-order chi connectivity index (χ1) is 8.61. The van der Waals surface area contributed by atoms with Crippen LogP contribution < -0.4 is 5.73 Å². The number of nitrogens with zero attached hydrogens (tertiary/aromatic N) is 1. The molecule has 94 valence electrons. The third-order valence-corrected chi connectivity index (χ3v) is 4.33. The summed E-state index contributed by atoms with van der Waals surface area (Å²) in [7, 11) is 0. The van der Waals surface area contributed by atoms with Crippen LogP contribution >= 0.6 is 0 Å². The first kappa shape index (κ1) is 11.7. The molecule has 2 nitrogen and oxygen atoms in total. The van der Waals surface area contributed by atoms with Gasteiger partial charge in [-0.05, 0) is 50.2 Å². The van der Waals surface area contributed by atoms with Crippen LogP contribution in [0.3, 0.4) is 0 Å². The number of rotatable bonds is 0. The summed E-state index contributed by atoms with van der Waals surface area (Å²) in [4.78, 5) is 3.98. The van der Waals surface area contributed by atoms with Crippen molar-refractivity contribution >= 4 is 0 Å². The van der Waals surface area contributed by atoms with Gasteiger partial charge in [-0.15, -0.1) is 0 Å². The van der Waals surface area contributed by atoms with Gasteiger partial charge in [-0.1, -0.05) is 12.3 Å². The molecule has 2 bridgehead atoms. The van der Waals surface area contributed by atoms with Crippen molar-refractivity contribution < 1.29 is 4.39 Å². The van der Waals surface area contributed by atoms with Gasteiger partial charge >= 0.3 is 0 Å². The second-order valence-electron chi connectivity index (χ2n) is 5.76. The van der Waals surface area contributed by atoms with Gasteiger partial charge < -0.3 is 5.73 Å². The number of pyridine rings is 1.